The van der Waals surface area contributed by atoms with Gasteiger partial charge in [0.15, 0.2) is 0 Å². The van der Waals surface area contributed by atoms with Crippen molar-refractivity contribution >= 4 is 11.3 Å². The van der Waals surface area contributed by atoms with Crippen molar-refractivity contribution in [2.75, 3.05) is 33.2 Å². The van der Waals surface area contributed by atoms with E-state index in [0.29, 0.717) is 6.04 Å². The molecule has 1 aliphatic rings. The number of hydrogen-bond acceptors (Lipinski definition) is 4. The summed E-state index contributed by atoms with van der Waals surface area (Å²) in [4.78, 5) is 7.86. The Morgan fingerprint density at radius 1 is 1.32 bits per heavy atom. The third-order valence-electron chi connectivity index (χ3n) is 3.84. The van der Waals surface area contributed by atoms with E-state index in [2.05, 4.69) is 49.8 Å². The number of likely N-dealkylation sites (N-methyl/N-ethyl adjacent to an activating group) is 1. The van der Waals surface area contributed by atoms with Crippen LogP contribution in [0, 0.1) is 0 Å². The van der Waals surface area contributed by atoms with Crippen LogP contribution in [0.25, 0.3) is 0 Å². The monoisotopic (exact) mass is 281 g/mol. The van der Waals surface area contributed by atoms with Crippen LogP contribution in [0.5, 0.6) is 0 Å². The zero-order chi connectivity index (χ0) is 14.0. The first kappa shape index (κ1) is 15.0. The summed E-state index contributed by atoms with van der Waals surface area (Å²) in [6, 6.07) is 5.07. The summed E-state index contributed by atoms with van der Waals surface area (Å²) < 4.78 is 0. The highest BCUT2D eigenvalue weighted by Crippen LogP contribution is 2.30. The van der Waals surface area contributed by atoms with E-state index < -0.39 is 0 Å². The van der Waals surface area contributed by atoms with Gasteiger partial charge in [-0.3, -0.25) is 4.90 Å². The minimum absolute atomic E-state index is 0.262. The van der Waals surface area contributed by atoms with Gasteiger partial charge in [0.2, 0.25) is 0 Å². The molecule has 108 valence electrons. The molecule has 0 spiro atoms. The molecule has 0 saturated carbocycles. The van der Waals surface area contributed by atoms with E-state index in [4.69, 9.17) is 5.73 Å². The van der Waals surface area contributed by atoms with Gasteiger partial charge in [-0.15, -0.1) is 11.3 Å². The topological polar surface area (TPSA) is 32.5 Å². The molecular formula is C15H27N3S. The van der Waals surface area contributed by atoms with Gasteiger partial charge in [-0.05, 0) is 24.6 Å². The summed E-state index contributed by atoms with van der Waals surface area (Å²) in [7, 11) is 2.18. The minimum Gasteiger partial charge on any atom is -0.329 e. The van der Waals surface area contributed by atoms with Gasteiger partial charge in [0.1, 0.15) is 0 Å². The fraction of sp³-hybridized carbons (Fsp3) is 0.733. The Labute approximate surface area is 121 Å². The highest BCUT2D eigenvalue weighted by Gasteiger charge is 2.25. The lowest BCUT2D eigenvalue weighted by Crippen LogP contribution is -2.54. The molecule has 0 amide bonds. The van der Waals surface area contributed by atoms with Gasteiger partial charge in [-0.25, -0.2) is 0 Å². The van der Waals surface area contributed by atoms with Crippen molar-refractivity contribution in [2.24, 2.45) is 5.73 Å². The van der Waals surface area contributed by atoms with E-state index in [9.17, 15) is 0 Å². The summed E-state index contributed by atoms with van der Waals surface area (Å²) >= 11 is 1.95. The molecule has 4 heteroatoms. The van der Waals surface area contributed by atoms with Crippen molar-refractivity contribution in [1.29, 1.82) is 0 Å². The molecule has 3 nitrogen and oxygen atoms in total. The lowest BCUT2D eigenvalue weighted by atomic mass is 9.95. The molecule has 1 fully saturated rings. The van der Waals surface area contributed by atoms with Crippen molar-refractivity contribution in [2.45, 2.75) is 38.8 Å². The van der Waals surface area contributed by atoms with Crippen LogP contribution in [0.15, 0.2) is 12.1 Å². The first-order valence-corrected chi connectivity index (χ1v) is 7.93. The molecule has 0 bridgehead atoms. The van der Waals surface area contributed by atoms with E-state index in [-0.39, 0.29) is 5.41 Å². The summed E-state index contributed by atoms with van der Waals surface area (Å²) in [6.07, 6.45) is 0. The highest BCUT2D eigenvalue weighted by atomic mass is 32.1. The Morgan fingerprint density at radius 2 is 2.05 bits per heavy atom. The van der Waals surface area contributed by atoms with Crippen molar-refractivity contribution in [3.8, 4) is 0 Å². The number of nitrogens with two attached hydrogens (primary N) is 1. The number of rotatable bonds is 3. The average Bonchev–Trinajstić information content (AvgIpc) is 2.79. The molecule has 0 radical (unpaired) electrons. The van der Waals surface area contributed by atoms with Gasteiger partial charge in [0, 0.05) is 48.5 Å². The zero-order valence-electron chi connectivity index (χ0n) is 12.6. The molecule has 19 heavy (non-hydrogen) atoms. The molecular weight excluding hydrogens is 254 g/mol. The SMILES string of the molecule is CN1CCN(Cc2ccc(C(C)(C)C)s2)C(CN)C1. The van der Waals surface area contributed by atoms with Crippen LogP contribution in [-0.4, -0.2) is 49.1 Å². The second-order valence-electron chi connectivity index (χ2n) is 6.64. The number of piperazine rings is 1. The Bertz CT molecular complexity index is 408. The Hall–Kier alpha value is -0.420. The molecule has 1 aliphatic heterocycles. The third kappa shape index (κ3) is 3.78. The van der Waals surface area contributed by atoms with Crippen LogP contribution >= 0.6 is 11.3 Å². The van der Waals surface area contributed by atoms with E-state index in [1.807, 2.05) is 11.3 Å². The third-order valence-corrected chi connectivity index (χ3v) is 5.34. The lowest BCUT2D eigenvalue weighted by Gasteiger charge is -2.39. The molecule has 2 N–H and O–H groups in total. The van der Waals surface area contributed by atoms with Gasteiger partial charge in [-0.1, -0.05) is 20.8 Å². The standard InChI is InChI=1S/C15H27N3S/c1-15(2,3)14-6-5-13(19-14)11-18-8-7-17(4)10-12(18)9-16/h5-6,12H,7-11,16H2,1-4H3. The van der Waals surface area contributed by atoms with Crippen LogP contribution < -0.4 is 5.73 Å². The Morgan fingerprint density at radius 3 is 2.63 bits per heavy atom. The molecule has 1 atom stereocenters. The summed E-state index contributed by atoms with van der Waals surface area (Å²) in [5.41, 5.74) is 6.18. The Balaban J connectivity index is 2.02. The second-order valence-corrected chi connectivity index (χ2v) is 7.81. The van der Waals surface area contributed by atoms with E-state index >= 15 is 0 Å². The lowest BCUT2D eigenvalue weighted by molar-refractivity contribution is 0.0890. The largest absolute Gasteiger partial charge is 0.329 e. The Kier molecular flexibility index (Phi) is 4.66. The molecule has 1 aromatic rings. The molecule has 0 aromatic carbocycles. The van der Waals surface area contributed by atoms with Crippen molar-refractivity contribution in [1.82, 2.24) is 9.80 Å². The summed E-state index contributed by atoms with van der Waals surface area (Å²) in [6.45, 7) is 12.0. The van der Waals surface area contributed by atoms with Crippen molar-refractivity contribution in [3.05, 3.63) is 21.9 Å². The van der Waals surface area contributed by atoms with Crippen molar-refractivity contribution < 1.29 is 0 Å². The maximum atomic E-state index is 5.92. The quantitative estimate of drug-likeness (QED) is 0.921. The van der Waals surface area contributed by atoms with Gasteiger partial charge in [-0.2, -0.15) is 0 Å². The zero-order valence-corrected chi connectivity index (χ0v) is 13.5. The van der Waals surface area contributed by atoms with Crippen LogP contribution in [0.2, 0.25) is 0 Å². The molecule has 1 aromatic heterocycles. The predicted octanol–water partition coefficient (Wildman–Crippen LogP) is 2.12. The molecule has 2 rings (SSSR count). The summed E-state index contributed by atoms with van der Waals surface area (Å²) in [5.74, 6) is 0. The van der Waals surface area contributed by atoms with Crippen LogP contribution in [-0.2, 0) is 12.0 Å². The highest BCUT2D eigenvalue weighted by molar-refractivity contribution is 7.12. The first-order chi connectivity index (χ1) is 8.90. The first-order valence-electron chi connectivity index (χ1n) is 7.12. The predicted molar refractivity (Wildman–Crippen MR) is 83.8 cm³/mol. The maximum Gasteiger partial charge on any atom is 0.0349 e. The molecule has 2 heterocycles. The van der Waals surface area contributed by atoms with Crippen LogP contribution in [0.3, 0.4) is 0 Å². The molecule has 1 saturated heterocycles. The van der Waals surface area contributed by atoms with E-state index in [0.717, 1.165) is 32.7 Å². The fourth-order valence-corrected chi connectivity index (χ4v) is 3.64. The van der Waals surface area contributed by atoms with E-state index in [1.165, 1.54) is 9.75 Å². The molecule has 1 unspecified atom stereocenters. The smallest absolute Gasteiger partial charge is 0.0349 e. The fourth-order valence-electron chi connectivity index (χ4n) is 2.55. The average molecular weight is 281 g/mol. The second kappa shape index (κ2) is 5.92. The summed E-state index contributed by atoms with van der Waals surface area (Å²) in [5, 5.41) is 0. The van der Waals surface area contributed by atoms with Gasteiger partial charge < -0.3 is 10.6 Å². The maximum absolute atomic E-state index is 5.92. The van der Waals surface area contributed by atoms with E-state index in [1.54, 1.807) is 0 Å². The van der Waals surface area contributed by atoms with Crippen molar-refractivity contribution in [3.63, 3.8) is 0 Å². The number of hydrogen-bond donors (Lipinski definition) is 1. The minimum atomic E-state index is 0.262. The van der Waals surface area contributed by atoms with Crippen LogP contribution in [0.1, 0.15) is 30.5 Å². The normalized spacial score (nSPS) is 22.9. The number of nitrogens with zero attached hydrogens (tertiary/aromatic N) is 2. The molecule has 0 aliphatic carbocycles. The van der Waals surface area contributed by atoms with Crippen LogP contribution in [0.4, 0.5) is 0 Å². The number of thiophene rings is 1. The van der Waals surface area contributed by atoms with Gasteiger partial charge in [0.05, 0.1) is 0 Å². The van der Waals surface area contributed by atoms with Gasteiger partial charge >= 0.3 is 0 Å². The van der Waals surface area contributed by atoms with Gasteiger partial charge in [0.25, 0.3) is 0 Å².